The third-order valence-electron chi connectivity index (χ3n) is 7.72. The molecule has 0 bridgehead atoms. The molecule has 3 aliphatic rings. The third kappa shape index (κ3) is 4.93. The molecule has 4 nitrogen and oxygen atoms in total. The van der Waals surface area contributed by atoms with Crippen molar-refractivity contribution in [1.29, 1.82) is 0 Å². The van der Waals surface area contributed by atoms with Crippen molar-refractivity contribution in [3.05, 3.63) is 58.3 Å². The smallest absolute Gasteiger partial charge is 0.416 e. The number of allylic oxidation sites excluding steroid dienone is 6. The van der Waals surface area contributed by atoms with Crippen LogP contribution in [0.5, 0.6) is 0 Å². The first-order valence-electron chi connectivity index (χ1n) is 12.4. The average molecular weight is 474 g/mol. The Morgan fingerprint density at radius 3 is 2.56 bits per heavy atom. The Balaban J connectivity index is 1.83. The minimum Gasteiger partial charge on any atom is -0.457 e. The van der Waals surface area contributed by atoms with Gasteiger partial charge in [0.15, 0.2) is 0 Å². The minimum absolute atomic E-state index is 0.166. The number of rotatable bonds is 4. The van der Waals surface area contributed by atoms with Gasteiger partial charge in [0.2, 0.25) is 0 Å². The predicted molar refractivity (Wildman–Crippen MR) is 128 cm³/mol. The van der Waals surface area contributed by atoms with Gasteiger partial charge in [0.05, 0.1) is 16.8 Å². The van der Waals surface area contributed by atoms with Gasteiger partial charge < -0.3 is 10.5 Å². The summed E-state index contributed by atoms with van der Waals surface area (Å²) in [6, 6.07) is 0. The molecule has 34 heavy (non-hydrogen) atoms. The second-order valence-corrected chi connectivity index (χ2v) is 9.77. The number of hydrogen-bond donors (Lipinski definition) is 1. The van der Waals surface area contributed by atoms with E-state index < -0.39 is 11.7 Å². The van der Waals surface area contributed by atoms with Crippen molar-refractivity contribution in [2.45, 2.75) is 84.2 Å². The van der Waals surface area contributed by atoms with E-state index in [-0.39, 0.29) is 11.7 Å². The maximum Gasteiger partial charge on any atom is 0.416 e. The number of anilines is 1. The SMILES string of the molecule is CC/C1=C(\OC2=C(C)CC/C=C/C(C(F)(F)F)=C2)c2c(N)ncnc2C(C)C(C2CCC2)CC1. The summed E-state index contributed by atoms with van der Waals surface area (Å²) in [5, 5.41) is 0. The maximum absolute atomic E-state index is 13.7. The molecule has 1 heterocycles. The molecule has 1 saturated carbocycles. The number of halogens is 3. The van der Waals surface area contributed by atoms with Crippen LogP contribution in [0.3, 0.4) is 0 Å². The van der Waals surface area contributed by atoms with E-state index in [1.165, 1.54) is 25.6 Å². The molecule has 0 aliphatic heterocycles. The normalized spacial score (nSPS) is 27.5. The van der Waals surface area contributed by atoms with Gasteiger partial charge in [-0.2, -0.15) is 13.2 Å². The standard InChI is InChI=1S/C27H34F3N3O/c1-4-18-12-13-21(19-9-7-10-19)17(3)24-23(26(31)33-15-32-24)25(18)34-22-14-20(27(28,29)30)11-6-5-8-16(22)2/h6,11,14-15,17,19,21H,4-5,7-10,12-13H2,1-3H3,(H2,31,32,33)/b11-6+,20-14?,22-16?,25-18+. The molecule has 2 N–H and O–H groups in total. The molecule has 184 valence electrons. The van der Waals surface area contributed by atoms with Crippen LogP contribution in [-0.4, -0.2) is 16.1 Å². The lowest BCUT2D eigenvalue weighted by Crippen LogP contribution is -2.29. The molecule has 1 aromatic heterocycles. The Kier molecular flexibility index (Phi) is 7.20. The monoisotopic (exact) mass is 473 g/mol. The Hall–Kier alpha value is -2.57. The van der Waals surface area contributed by atoms with Crippen LogP contribution in [0.1, 0.15) is 89.3 Å². The van der Waals surface area contributed by atoms with E-state index in [1.807, 2.05) is 6.92 Å². The topological polar surface area (TPSA) is 61.0 Å². The van der Waals surface area contributed by atoms with Gasteiger partial charge in [0.25, 0.3) is 0 Å². The summed E-state index contributed by atoms with van der Waals surface area (Å²) in [6.45, 7) is 6.07. The summed E-state index contributed by atoms with van der Waals surface area (Å²) in [5.74, 6) is 2.42. The van der Waals surface area contributed by atoms with Gasteiger partial charge in [0.1, 0.15) is 23.7 Å². The number of aromatic nitrogens is 2. The minimum atomic E-state index is -4.46. The van der Waals surface area contributed by atoms with Gasteiger partial charge >= 0.3 is 6.18 Å². The maximum atomic E-state index is 13.7. The van der Waals surface area contributed by atoms with Gasteiger partial charge in [0, 0.05) is 5.92 Å². The largest absolute Gasteiger partial charge is 0.457 e. The Morgan fingerprint density at radius 2 is 1.91 bits per heavy atom. The quantitative estimate of drug-likeness (QED) is 0.488. The molecule has 2 atom stereocenters. The molecule has 0 spiro atoms. The summed E-state index contributed by atoms with van der Waals surface area (Å²) < 4.78 is 47.4. The van der Waals surface area contributed by atoms with Crippen LogP contribution in [0.25, 0.3) is 5.76 Å². The zero-order valence-electron chi connectivity index (χ0n) is 20.2. The van der Waals surface area contributed by atoms with E-state index in [0.717, 1.165) is 48.3 Å². The van der Waals surface area contributed by atoms with Crippen LogP contribution < -0.4 is 5.73 Å². The van der Waals surface area contributed by atoms with Crippen LogP contribution in [0.2, 0.25) is 0 Å². The van der Waals surface area contributed by atoms with Crippen LogP contribution >= 0.6 is 0 Å². The van der Waals surface area contributed by atoms with Crippen molar-refractivity contribution in [2.75, 3.05) is 5.73 Å². The fourth-order valence-corrected chi connectivity index (χ4v) is 5.40. The van der Waals surface area contributed by atoms with E-state index in [9.17, 15) is 13.2 Å². The molecule has 1 aromatic rings. The highest BCUT2D eigenvalue weighted by Crippen LogP contribution is 2.48. The lowest BCUT2D eigenvalue weighted by Gasteiger charge is -2.39. The molecular formula is C27H34F3N3O. The number of fused-ring (bicyclic) bond motifs is 1. The van der Waals surface area contributed by atoms with Crippen LogP contribution in [0.4, 0.5) is 19.0 Å². The predicted octanol–water partition coefficient (Wildman–Crippen LogP) is 7.62. The van der Waals surface area contributed by atoms with E-state index in [2.05, 4.69) is 23.8 Å². The molecule has 4 rings (SSSR count). The number of nitrogen functional groups attached to an aromatic ring is 1. The lowest BCUT2D eigenvalue weighted by atomic mass is 9.67. The molecule has 1 fully saturated rings. The zero-order valence-corrected chi connectivity index (χ0v) is 20.2. The van der Waals surface area contributed by atoms with E-state index in [4.69, 9.17) is 10.5 Å². The highest BCUT2D eigenvalue weighted by atomic mass is 19.4. The Morgan fingerprint density at radius 1 is 1.15 bits per heavy atom. The van der Waals surface area contributed by atoms with Crippen molar-refractivity contribution >= 4 is 11.6 Å². The van der Waals surface area contributed by atoms with Crippen molar-refractivity contribution in [2.24, 2.45) is 11.8 Å². The van der Waals surface area contributed by atoms with Crippen LogP contribution in [0.15, 0.2) is 47.0 Å². The molecular weight excluding hydrogens is 439 g/mol. The second-order valence-electron chi connectivity index (χ2n) is 9.77. The number of hydrogen-bond acceptors (Lipinski definition) is 4. The highest BCUT2D eigenvalue weighted by Gasteiger charge is 2.37. The van der Waals surface area contributed by atoms with Gasteiger partial charge in [-0.15, -0.1) is 0 Å². The van der Waals surface area contributed by atoms with Gasteiger partial charge in [-0.1, -0.05) is 45.3 Å². The average Bonchev–Trinajstić information content (AvgIpc) is 2.73. The van der Waals surface area contributed by atoms with E-state index in [0.29, 0.717) is 41.8 Å². The summed E-state index contributed by atoms with van der Waals surface area (Å²) in [4.78, 5) is 8.90. The van der Waals surface area contributed by atoms with Crippen LogP contribution in [-0.2, 0) is 4.74 Å². The first kappa shape index (κ1) is 24.6. The molecule has 2 unspecified atom stereocenters. The van der Waals surface area contributed by atoms with Gasteiger partial charge in [-0.05, 0) is 68.1 Å². The molecule has 7 heteroatoms. The van der Waals surface area contributed by atoms with Crippen molar-refractivity contribution in [3.63, 3.8) is 0 Å². The zero-order chi connectivity index (χ0) is 24.5. The summed E-state index contributed by atoms with van der Waals surface area (Å²) in [7, 11) is 0. The first-order chi connectivity index (χ1) is 16.2. The Bertz CT molecular complexity index is 1050. The fourth-order valence-electron chi connectivity index (χ4n) is 5.40. The summed E-state index contributed by atoms with van der Waals surface area (Å²) >= 11 is 0. The number of nitrogens with two attached hydrogens (primary N) is 1. The van der Waals surface area contributed by atoms with Gasteiger partial charge in [-0.3, -0.25) is 0 Å². The van der Waals surface area contributed by atoms with Crippen molar-refractivity contribution in [1.82, 2.24) is 9.97 Å². The highest BCUT2D eigenvalue weighted by molar-refractivity contribution is 5.74. The summed E-state index contributed by atoms with van der Waals surface area (Å²) in [6.07, 6.45) is 8.29. The third-order valence-corrected chi connectivity index (χ3v) is 7.72. The molecule has 0 amide bonds. The molecule has 0 saturated heterocycles. The fraction of sp³-hybridized carbons (Fsp3) is 0.556. The van der Waals surface area contributed by atoms with Crippen molar-refractivity contribution < 1.29 is 17.9 Å². The van der Waals surface area contributed by atoms with E-state index >= 15 is 0 Å². The van der Waals surface area contributed by atoms with Crippen LogP contribution in [0, 0.1) is 11.8 Å². The number of nitrogens with zero attached hydrogens (tertiary/aromatic N) is 2. The summed E-state index contributed by atoms with van der Waals surface area (Å²) in [5.41, 5.74) is 9.00. The van der Waals surface area contributed by atoms with E-state index in [1.54, 1.807) is 6.08 Å². The molecule has 0 radical (unpaired) electrons. The lowest BCUT2D eigenvalue weighted by molar-refractivity contribution is -0.0884. The molecule has 0 aromatic carbocycles. The first-order valence-corrected chi connectivity index (χ1v) is 12.4. The number of alkyl halides is 3. The van der Waals surface area contributed by atoms with Gasteiger partial charge in [-0.25, -0.2) is 9.97 Å². The second kappa shape index (κ2) is 9.96. The van der Waals surface area contributed by atoms with Crippen molar-refractivity contribution in [3.8, 4) is 0 Å². The molecule has 3 aliphatic carbocycles. The Labute approximate surface area is 199 Å². The number of ether oxygens (including phenoxy) is 1.